The monoisotopic (exact) mass is 918 g/mol. The van der Waals surface area contributed by atoms with Crippen molar-refractivity contribution in [2.45, 2.75) is 200 Å². The van der Waals surface area contributed by atoms with Crippen LogP contribution in [0.15, 0.2) is 108 Å². The van der Waals surface area contributed by atoms with Gasteiger partial charge in [0.05, 0.1) is 22.3 Å². The molecule has 4 aliphatic heterocycles. The van der Waals surface area contributed by atoms with Gasteiger partial charge in [0.1, 0.15) is 5.60 Å². The summed E-state index contributed by atoms with van der Waals surface area (Å²) in [6.07, 6.45) is 9.34. The number of benzene rings is 5. The summed E-state index contributed by atoms with van der Waals surface area (Å²) in [7, 11) is 0. The van der Waals surface area contributed by atoms with E-state index < -0.39 is 0 Å². The Hall–Kier alpha value is -4.90. The van der Waals surface area contributed by atoms with E-state index in [0.717, 1.165) is 25.7 Å². The van der Waals surface area contributed by atoms with E-state index in [1.165, 1.54) is 116 Å². The maximum atomic E-state index is 7.92. The molecule has 5 heteroatoms. The van der Waals surface area contributed by atoms with Crippen LogP contribution in [-0.4, -0.2) is 17.9 Å². The van der Waals surface area contributed by atoms with Crippen LogP contribution in [-0.2, 0) is 31.8 Å². The molecule has 4 heterocycles. The first kappa shape index (κ1) is 46.5. The van der Waals surface area contributed by atoms with Gasteiger partial charge in [-0.15, -0.1) is 0 Å². The molecule has 0 bridgehead atoms. The van der Waals surface area contributed by atoms with Gasteiger partial charge in [0.25, 0.3) is 6.71 Å². The topological polar surface area (TPSA) is 19.0 Å². The van der Waals surface area contributed by atoms with Crippen molar-refractivity contribution in [3.63, 3.8) is 0 Å². The molecule has 0 saturated heterocycles. The van der Waals surface area contributed by atoms with Crippen LogP contribution in [0.1, 0.15) is 190 Å². The first-order valence-corrected chi connectivity index (χ1v) is 26.7. The fourth-order valence-corrected chi connectivity index (χ4v) is 14.0. The molecule has 360 valence electrons. The van der Waals surface area contributed by atoms with Gasteiger partial charge < -0.3 is 19.4 Å². The number of nitrogens with zero attached hydrogens (tertiary/aromatic N) is 3. The van der Waals surface area contributed by atoms with E-state index in [1.54, 1.807) is 0 Å². The molecule has 69 heavy (non-hydrogen) atoms. The zero-order chi connectivity index (χ0) is 49.2. The van der Waals surface area contributed by atoms with E-state index in [4.69, 9.17) is 4.74 Å². The molecule has 11 rings (SSSR count). The molecule has 2 fully saturated rings. The second-order valence-electron chi connectivity index (χ2n) is 27.3. The first-order chi connectivity index (χ1) is 32.2. The third-order valence-corrected chi connectivity index (χ3v) is 18.9. The number of fused-ring (bicyclic) bond motifs is 8. The number of anilines is 7. The first-order valence-electron chi connectivity index (χ1n) is 26.7. The lowest BCUT2D eigenvalue weighted by Gasteiger charge is -2.53. The van der Waals surface area contributed by atoms with Crippen molar-refractivity contribution in [2.24, 2.45) is 5.41 Å². The highest BCUT2D eigenvalue weighted by atomic mass is 16.5. The lowest BCUT2D eigenvalue weighted by atomic mass is 9.35. The number of rotatable bonds is 4. The van der Waals surface area contributed by atoms with Crippen molar-refractivity contribution in [3.8, 4) is 0 Å². The van der Waals surface area contributed by atoms with E-state index in [-0.39, 0.29) is 50.3 Å². The van der Waals surface area contributed by atoms with Gasteiger partial charge in [0.15, 0.2) is 0 Å². The predicted octanol–water partition coefficient (Wildman–Crippen LogP) is 16.3. The Morgan fingerprint density at radius 2 is 0.986 bits per heavy atom. The molecule has 4 unspecified atom stereocenters. The molecule has 2 saturated carbocycles. The van der Waals surface area contributed by atoms with E-state index in [2.05, 4.69) is 223 Å². The third kappa shape index (κ3) is 6.66. The molecule has 0 aromatic heterocycles. The summed E-state index contributed by atoms with van der Waals surface area (Å²) in [6, 6.07) is 39.0. The number of ether oxygens (including phenoxy) is 1. The SMILES string of the molecule is CC(C)(C)c1ccc(N2C3=C(OC4(C)CCCCC34C)B3c4cc(N(c5ccc(C(C)(C)C)cc5)c5ccc(C(C)(C)C)cc5)cc5c4N(c4cc(C(C)(C)C)cc2c43)C2(C)CCCCC52C)cc1. The Morgan fingerprint density at radius 1 is 0.507 bits per heavy atom. The third-order valence-electron chi connectivity index (χ3n) is 18.9. The van der Waals surface area contributed by atoms with Crippen molar-refractivity contribution >= 4 is 57.5 Å². The van der Waals surface area contributed by atoms with Gasteiger partial charge in [-0.25, -0.2) is 0 Å². The summed E-state index contributed by atoms with van der Waals surface area (Å²) < 4.78 is 7.92. The Morgan fingerprint density at radius 3 is 1.52 bits per heavy atom. The smallest absolute Gasteiger partial charge is 0.296 e. The van der Waals surface area contributed by atoms with Crippen LogP contribution in [0.5, 0.6) is 0 Å². The highest BCUT2D eigenvalue weighted by molar-refractivity contribution is 6.95. The van der Waals surface area contributed by atoms with Crippen LogP contribution >= 0.6 is 0 Å². The van der Waals surface area contributed by atoms with E-state index in [9.17, 15) is 0 Å². The molecule has 5 aromatic rings. The Bertz CT molecular complexity index is 2860. The quantitative estimate of drug-likeness (QED) is 0.167. The molecular weight excluding hydrogens is 838 g/mol. The van der Waals surface area contributed by atoms with Gasteiger partial charge >= 0.3 is 0 Å². The predicted molar refractivity (Wildman–Crippen MR) is 295 cm³/mol. The minimum atomic E-state index is -0.325. The zero-order valence-electron chi connectivity index (χ0n) is 45.2. The maximum Gasteiger partial charge on any atom is 0.296 e. The summed E-state index contributed by atoms with van der Waals surface area (Å²) >= 11 is 0. The van der Waals surface area contributed by atoms with E-state index in [1.807, 2.05) is 0 Å². The van der Waals surface area contributed by atoms with Crippen LogP contribution in [0.2, 0.25) is 0 Å². The van der Waals surface area contributed by atoms with Crippen molar-refractivity contribution in [1.82, 2.24) is 0 Å². The van der Waals surface area contributed by atoms with Gasteiger partial charge in [0.2, 0.25) is 0 Å². The van der Waals surface area contributed by atoms with Crippen LogP contribution in [0, 0.1) is 5.41 Å². The van der Waals surface area contributed by atoms with Crippen LogP contribution < -0.4 is 25.6 Å². The molecule has 2 aliphatic carbocycles. The average molecular weight is 918 g/mol. The standard InChI is InChI=1S/C64H80BN3O/c1-57(2,3)41-21-27-45(28-22-41)66(46-29-23-42(24-30-46)58(4,5)6)48-39-49-54-50(40-48)65-53-51(37-44(60(10,11)12)38-52(53)68(54)63(15)35-19-17-33-61(49,63)13)67(47-31-25-43(26-32-47)59(7,8)9)55-56(65)69-64(16)36-20-18-34-62(55,64)14/h21-32,37-40H,17-20,33-36H2,1-16H3. The minimum absolute atomic E-state index is 0.0531. The van der Waals surface area contributed by atoms with E-state index in [0.29, 0.717) is 0 Å². The maximum absolute atomic E-state index is 7.92. The molecule has 0 spiro atoms. The summed E-state index contributed by atoms with van der Waals surface area (Å²) in [4.78, 5) is 8.20. The van der Waals surface area contributed by atoms with Crippen molar-refractivity contribution in [1.29, 1.82) is 0 Å². The van der Waals surface area contributed by atoms with Gasteiger partial charge in [-0.05, 0) is 167 Å². The van der Waals surface area contributed by atoms with Crippen LogP contribution in [0.4, 0.5) is 39.8 Å². The molecule has 4 nitrogen and oxygen atoms in total. The van der Waals surface area contributed by atoms with Gasteiger partial charge in [0, 0.05) is 45.2 Å². The molecule has 5 aromatic carbocycles. The van der Waals surface area contributed by atoms with Crippen LogP contribution in [0.3, 0.4) is 0 Å². The Balaban J connectivity index is 1.24. The van der Waals surface area contributed by atoms with Gasteiger partial charge in [-0.1, -0.05) is 153 Å². The second-order valence-corrected chi connectivity index (χ2v) is 27.3. The Labute approximate surface area is 417 Å². The fourth-order valence-electron chi connectivity index (χ4n) is 14.0. The normalized spacial score (nSPS) is 26.0. The number of hydrogen-bond acceptors (Lipinski definition) is 4. The van der Waals surface area contributed by atoms with E-state index >= 15 is 0 Å². The van der Waals surface area contributed by atoms with Gasteiger partial charge in [-0.3, -0.25) is 0 Å². The lowest BCUT2D eigenvalue weighted by molar-refractivity contribution is -0.0559. The fraction of sp³-hybridized carbons (Fsp3) is 0.500. The molecule has 0 radical (unpaired) electrons. The summed E-state index contributed by atoms with van der Waals surface area (Å²) in [5.41, 5.74) is 20.7. The second kappa shape index (κ2) is 14.8. The van der Waals surface area contributed by atoms with Crippen molar-refractivity contribution in [3.05, 3.63) is 136 Å². The summed E-state index contributed by atoms with van der Waals surface area (Å²) in [5, 5.41) is 0. The largest absolute Gasteiger partial charge is 0.498 e. The van der Waals surface area contributed by atoms with Gasteiger partial charge in [-0.2, -0.15) is 0 Å². The molecule has 0 N–H and O–H groups in total. The minimum Gasteiger partial charge on any atom is -0.498 e. The lowest BCUT2D eigenvalue weighted by Crippen LogP contribution is -2.61. The molecule has 0 amide bonds. The number of hydrogen-bond donors (Lipinski definition) is 0. The molecular formula is C64H80BN3O. The van der Waals surface area contributed by atoms with Crippen molar-refractivity contribution < 1.29 is 4.74 Å². The zero-order valence-corrected chi connectivity index (χ0v) is 45.2. The van der Waals surface area contributed by atoms with Crippen molar-refractivity contribution in [2.75, 3.05) is 14.7 Å². The summed E-state index contributed by atoms with van der Waals surface area (Å²) in [6.45, 7) is 38.3. The Kier molecular flexibility index (Phi) is 9.99. The highest BCUT2D eigenvalue weighted by Gasteiger charge is 2.66. The van der Waals surface area contributed by atoms with Crippen LogP contribution in [0.25, 0.3) is 0 Å². The molecule has 6 aliphatic rings. The average Bonchev–Trinajstić information content (AvgIpc) is 3.65. The summed E-state index contributed by atoms with van der Waals surface area (Å²) in [5.74, 6) is 0. The highest BCUT2D eigenvalue weighted by Crippen LogP contribution is 2.66. The molecule has 4 atom stereocenters.